The molecule has 1 amide bonds. The Hall–Kier alpha value is -1.49. The number of carbonyl (C=O) groups is 2. The monoisotopic (exact) mass is 267 g/mol. The molecule has 1 aromatic rings. The van der Waals surface area contributed by atoms with Crippen LogP contribution in [0.25, 0.3) is 0 Å². The van der Waals surface area contributed by atoms with Gasteiger partial charge in [-0.2, -0.15) is 0 Å². The predicted molar refractivity (Wildman–Crippen MR) is 72.4 cm³/mol. The minimum absolute atomic E-state index is 0.0429. The van der Waals surface area contributed by atoms with Gasteiger partial charge in [-0.15, -0.1) is 0 Å². The van der Waals surface area contributed by atoms with Crippen molar-refractivity contribution in [2.45, 2.75) is 26.5 Å². The van der Waals surface area contributed by atoms with Crippen LogP contribution in [0.5, 0.6) is 0 Å². The number of hydrogen-bond acceptors (Lipinski definition) is 4. The van der Waals surface area contributed by atoms with Crippen LogP contribution in [0.2, 0.25) is 0 Å². The van der Waals surface area contributed by atoms with Crippen molar-refractivity contribution in [2.24, 2.45) is 0 Å². The highest BCUT2D eigenvalue weighted by atomic mass is 32.2. The van der Waals surface area contributed by atoms with Crippen LogP contribution in [0.3, 0.4) is 0 Å². The number of thioether (sulfide) groups is 1. The second-order valence-electron chi connectivity index (χ2n) is 3.91. The van der Waals surface area contributed by atoms with Gasteiger partial charge in [0, 0.05) is 18.7 Å². The number of hydrogen-bond donors (Lipinski definition) is 1. The lowest BCUT2D eigenvalue weighted by Gasteiger charge is -2.12. The zero-order valence-corrected chi connectivity index (χ0v) is 11.3. The first-order valence-corrected chi connectivity index (χ1v) is 6.67. The van der Waals surface area contributed by atoms with E-state index in [0.29, 0.717) is 5.75 Å². The summed E-state index contributed by atoms with van der Waals surface area (Å²) in [6.45, 7) is 3.59. The van der Waals surface area contributed by atoms with Gasteiger partial charge in [-0.1, -0.05) is 42.1 Å². The molecule has 1 atom stereocenters. The van der Waals surface area contributed by atoms with Crippen molar-refractivity contribution in [2.75, 3.05) is 5.75 Å². The van der Waals surface area contributed by atoms with Crippen molar-refractivity contribution >= 4 is 23.0 Å². The van der Waals surface area contributed by atoms with Gasteiger partial charge >= 0.3 is 6.09 Å². The van der Waals surface area contributed by atoms with E-state index in [1.165, 1.54) is 18.7 Å². The number of carbonyl (C=O) groups excluding carboxylic acids is 2. The lowest BCUT2D eigenvalue weighted by atomic mass is 10.2. The van der Waals surface area contributed by atoms with E-state index >= 15 is 0 Å². The number of nitrogens with one attached hydrogen (secondary N) is 1. The summed E-state index contributed by atoms with van der Waals surface area (Å²) >= 11 is 1.19. The Morgan fingerprint density at radius 1 is 1.33 bits per heavy atom. The maximum absolute atomic E-state index is 11.4. The molecule has 4 nitrogen and oxygen atoms in total. The molecule has 0 spiro atoms. The van der Waals surface area contributed by atoms with E-state index in [-0.39, 0.29) is 17.8 Å². The topological polar surface area (TPSA) is 55.4 Å². The summed E-state index contributed by atoms with van der Waals surface area (Å²) in [6, 6.07) is 9.38. The molecule has 1 unspecified atom stereocenters. The van der Waals surface area contributed by atoms with Crippen molar-refractivity contribution in [1.29, 1.82) is 0 Å². The Balaban J connectivity index is 2.23. The van der Waals surface area contributed by atoms with E-state index in [9.17, 15) is 9.59 Å². The molecule has 0 radical (unpaired) electrons. The molecule has 0 saturated carbocycles. The number of alkyl carbamates (subject to hydrolysis) is 1. The fraction of sp³-hybridized carbons (Fsp3) is 0.385. The zero-order chi connectivity index (χ0) is 13.4. The molecule has 0 fully saturated rings. The molecule has 1 aromatic carbocycles. The minimum atomic E-state index is -0.462. The Bertz CT molecular complexity index is 394. The van der Waals surface area contributed by atoms with E-state index in [1.807, 2.05) is 37.3 Å². The van der Waals surface area contributed by atoms with Crippen LogP contribution in [0, 0.1) is 0 Å². The summed E-state index contributed by atoms with van der Waals surface area (Å²) in [5, 5.41) is 2.71. The summed E-state index contributed by atoms with van der Waals surface area (Å²) in [5.41, 5.74) is 0.943. The molecular weight excluding hydrogens is 250 g/mol. The molecule has 1 rings (SSSR count). The summed E-state index contributed by atoms with van der Waals surface area (Å²) in [5.74, 6) is 0.551. The first kappa shape index (κ1) is 14.6. The summed E-state index contributed by atoms with van der Waals surface area (Å²) < 4.78 is 5.06. The van der Waals surface area contributed by atoms with E-state index in [0.717, 1.165) is 5.56 Å². The molecule has 0 saturated heterocycles. The Morgan fingerprint density at radius 2 is 2.00 bits per heavy atom. The molecule has 98 valence electrons. The molecule has 0 aliphatic carbocycles. The van der Waals surface area contributed by atoms with Gasteiger partial charge < -0.3 is 10.1 Å². The molecular formula is C13H17NO3S. The Morgan fingerprint density at radius 3 is 2.61 bits per heavy atom. The van der Waals surface area contributed by atoms with Gasteiger partial charge in [0.1, 0.15) is 6.61 Å². The standard InChI is InChI=1S/C13H17NO3S/c1-10(9-18-11(2)15)14-13(16)17-8-12-6-4-3-5-7-12/h3-7,10H,8-9H2,1-2H3,(H,14,16). The lowest BCUT2D eigenvalue weighted by molar-refractivity contribution is -0.109. The molecule has 0 aliphatic rings. The van der Waals surface area contributed by atoms with Crippen LogP contribution in [-0.4, -0.2) is 23.0 Å². The van der Waals surface area contributed by atoms with Crippen LogP contribution in [-0.2, 0) is 16.1 Å². The zero-order valence-electron chi connectivity index (χ0n) is 10.5. The Labute approximate surface area is 111 Å². The average molecular weight is 267 g/mol. The van der Waals surface area contributed by atoms with E-state index in [2.05, 4.69) is 5.32 Å². The maximum atomic E-state index is 11.4. The highest BCUT2D eigenvalue weighted by molar-refractivity contribution is 8.13. The van der Waals surface area contributed by atoms with Crippen LogP contribution in [0.1, 0.15) is 19.4 Å². The van der Waals surface area contributed by atoms with Crippen LogP contribution in [0.15, 0.2) is 30.3 Å². The van der Waals surface area contributed by atoms with Gasteiger partial charge in [0.2, 0.25) is 0 Å². The molecule has 0 aliphatic heterocycles. The molecule has 1 N–H and O–H groups in total. The van der Waals surface area contributed by atoms with E-state index in [4.69, 9.17) is 4.74 Å². The molecule has 0 bridgehead atoms. The normalized spacial score (nSPS) is 11.7. The largest absolute Gasteiger partial charge is 0.445 e. The molecule has 0 aromatic heterocycles. The number of rotatable bonds is 5. The number of amides is 1. The fourth-order valence-corrected chi connectivity index (χ4v) is 1.82. The van der Waals surface area contributed by atoms with E-state index in [1.54, 1.807) is 0 Å². The van der Waals surface area contributed by atoms with Gasteiger partial charge in [0.15, 0.2) is 5.12 Å². The highest BCUT2D eigenvalue weighted by Crippen LogP contribution is 2.04. The van der Waals surface area contributed by atoms with Crippen molar-refractivity contribution in [3.05, 3.63) is 35.9 Å². The lowest BCUT2D eigenvalue weighted by Crippen LogP contribution is -2.34. The van der Waals surface area contributed by atoms with Crippen molar-refractivity contribution in [3.63, 3.8) is 0 Å². The summed E-state index contributed by atoms with van der Waals surface area (Å²) in [4.78, 5) is 22.2. The third kappa shape index (κ3) is 6.30. The molecule has 0 heterocycles. The van der Waals surface area contributed by atoms with Crippen molar-refractivity contribution in [1.82, 2.24) is 5.32 Å². The maximum Gasteiger partial charge on any atom is 0.407 e. The first-order valence-electron chi connectivity index (χ1n) is 5.68. The quantitative estimate of drug-likeness (QED) is 0.891. The summed E-state index contributed by atoms with van der Waals surface area (Å²) in [6.07, 6.45) is -0.462. The fourth-order valence-electron chi connectivity index (χ4n) is 1.25. The smallest absolute Gasteiger partial charge is 0.407 e. The van der Waals surface area contributed by atoms with Gasteiger partial charge in [0.05, 0.1) is 0 Å². The average Bonchev–Trinajstić information content (AvgIpc) is 2.35. The number of benzene rings is 1. The second-order valence-corrected chi connectivity index (χ2v) is 5.11. The van der Waals surface area contributed by atoms with Crippen LogP contribution in [0.4, 0.5) is 4.79 Å². The second kappa shape index (κ2) is 7.76. The third-order valence-electron chi connectivity index (χ3n) is 2.11. The van der Waals surface area contributed by atoms with Gasteiger partial charge in [-0.05, 0) is 12.5 Å². The Kier molecular flexibility index (Phi) is 6.28. The van der Waals surface area contributed by atoms with Crippen LogP contribution < -0.4 is 5.32 Å². The predicted octanol–water partition coefficient (Wildman–Crippen LogP) is 2.58. The van der Waals surface area contributed by atoms with Gasteiger partial charge in [0.25, 0.3) is 0 Å². The van der Waals surface area contributed by atoms with Gasteiger partial charge in [-0.25, -0.2) is 4.79 Å². The van der Waals surface area contributed by atoms with Gasteiger partial charge in [-0.3, -0.25) is 4.79 Å². The van der Waals surface area contributed by atoms with Crippen molar-refractivity contribution < 1.29 is 14.3 Å². The SMILES string of the molecule is CC(=O)SCC(C)NC(=O)OCc1ccccc1. The molecule has 5 heteroatoms. The third-order valence-corrected chi connectivity index (χ3v) is 3.19. The first-order chi connectivity index (χ1) is 8.58. The minimum Gasteiger partial charge on any atom is -0.445 e. The van der Waals surface area contributed by atoms with E-state index < -0.39 is 6.09 Å². The molecule has 18 heavy (non-hydrogen) atoms. The van der Waals surface area contributed by atoms with Crippen molar-refractivity contribution in [3.8, 4) is 0 Å². The highest BCUT2D eigenvalue weighted by Gasteiger charge is 2.09. The van der Waals surface area contributed by atoms with Crippen LogP contribution >= 0.6 is 11.8 Å². The summed E-state index contributed by atoms with van der Waals surface area (Å²) in [7, 11) is 0. The number of ether oxygens (including phenoxy) is 1.